The van der Waals surface area contributed by atoms with Gasteiger partial charge in [0.25, 0.3) is 5.91 Å². The molecule has 5 nitrogen and oxygen atoms in total. The van der Waals surface area contributed by atoms with Gasteiger partial charge in [0.05, 0.1) is 11.0 Å². The van der Waals surface area contributed by atoms with Gasteiger partial charge in [0.1, 0.15) is 0 Å². The third-order valence-corrected chi connectivity index (χ3v) is 3.64. The van der Waals surface area contributed by atoms with E-state index >= 15 is 0 Å². The highest BCUT2D eigenvalue weighted by molar-refractivity contribution is 7.12. The highest BCUT2D eigenvalue weighted by Crippen LogP contribution is 2.07. The Bertz CT molecular complexity index is 418. The first kappa shape index (κ1) is 16.7. The molecule has 0 spiro atoms. The minimum absolute atomic E-state index is 0.0890. The van der Waals surface area contributed by atoms with Crippen LogP contribution in [0.25, 0.3) is 0 Å². The molecule has 0 radical (unpaired) electrons. The van der Waals surface area contributed by atoms with Crippen LogP contribution in [0.15, 0.2) is 17.5 Å². The van der Waals surface area contributed by atoms with Gasteiger partial charge in [-0.05, 0) is 30.7 Å². The molecule has 0 saturated heterocycles. The normalized spacial score (nSPS) is 13.6. The molecule has 3 N–H and O–H groups in total. The Hall–Kier alpha value is -1.40. The molecule has 0 aliphatic carbocycles. The summed E-state index contributed by atoms with van der Waals surface area (Å²) in [5.41, 5.74) is 0. The molecule has 2 unspecified atom stereocenters. The van der Waals surface area contributed by atoms with E-state index in [0.29, 0.717) is 24.4 Å². The molecule has 2 atom stereocenters. The smallest absolute Gasteiger partial charge is 0.261 e. The van der Waals surface area contributed by atoms with Crippen molar-refractivity contribution >= 4 is 23.2 Å². The minimum Gasteiger partial charge on any atom is -0.393 e. The zero-order chi connectivity index (χ0) is 15.0. The first-order valence-corrected chi connectivity index (χ1v) is 7.63. The van der Waals surface area contributed by atoms with Gasteiger partial charge in [-0.15, -0.1) is 11.3 Å². The SMILES string of the molecule is CC(O)CC(C)CNC(=O)CCNC(=O)c1cccs1. The van der Waals surface area contributed by atoms with E-state index in [1.54, 1.807) is 13.0 Å². The van der Waals surface area contributed by atoms with E-state index in [1.165, 1.54) is 11.3 Å². The topological polar surface area (TPSA) is 78.4 Å². The van der Waals surface area contributed by atoms with E-state index in [2.05, 4.69) is 10.6 Å². The van der Waals surface area contributed by atoms with Crippen LogP contribution in [-0.2, 0) is 4.79 Å². The Morgan fingerprint density at radius 1 is 1.35 bits per heavy atom. The first-order valence-electron chi connectivity index (χ1n) is 6.75. The molecule has 1 aromatic heterocycles. The highest BCUT2D eigenvalue weighted by Gasteiger charge is 2.09. The van der Waals surface area contributed by atoms with E-state index in [0.717, 1.165) is 0 Å². The summed E-state index contributed by atoms with van der Waals surface area (Å²) in [6.45, 7) is 4.58. The fourth-order valence-corrected chi connectivity index (χ4v) is 2.47. The molecule has 0 aliphatic heterocycles. The van der Waals surface area contributed by atoms with Crippen molar-refractivity contribution in [3.05, 3.63) is 22.4 Å². The average molecular weight is 298 g/mol. The van der Waals surface area contributed by atoms with Crippen LogP contribution < -0.4 is 10.6 Å². The fraction of sp³-hybridized carbons (Fsp3) is 0.571. The van der Waals surface area contributed by atoms with Crippen molar-refractivity contribution in [1.29, 1.82) is 0 Å². The molecule has 6 heteroatoms. The average Bonchev–Trinajstić information content (AvgIpc) is 2.89. The zero-order valence-corrected chi connectivity index (χ0v) is 12.7. The zero-order valence-electron chi connectivity index (χ0n) is 11.9. The lowest BCUT2D eigenvalue weighted by Gasteiger charge is -2.14. The second-order valence-corrected chi connectivity index (χ2v) is 5.92. The fourth-order valence-electron chi connectivity index (χ4n) is 1.83. The van der Waals surface area contributed by atoms with Crippen molar-refractivity contribution in [3.8, 4) is 0 Å². The van der Waals surface area contributed by atoms with Crippen LogP contribution in [0.5, 0.6) is 0 Å². The summed E-state index contributed by atoms with van der Waals surface area (Å²) in [4.78, 5) is 23.8. The number of thiophene rings is 1. The number of amides is 2. The van der Waals surface area contributed by atoms with Crippen molar-refractivity contribution in [3.63, 3.8) is 0 Å². The lowest BCUT2D eigenvalue weighted by atomic mass is 10.0. The number of hydrogen-bond acceptors (Lipinski definition) is 4. The maximum absolute atomic E-state index is 11.6. The van der Waals surface area contributed by atoms with Gasteiger partial charge in [0.15, 0.2) is 0 Å². The molecular weight excluding hydrogens is 276 g/mol. The van der Waals surface area contributed by atoms with Gasteiger partial charge in [-0.2, -0.15) is 0 Å². The van der Waals surface area contributed by atoms with Crippen molar-refractivity contribution < 1.29 is 14.7 Å². The summed E-state index contributed by atoms with van der Waals surface area (Å²) in [7, 11) is 0. The molecule has 1 heterocycles. The van der Waals surface area contributed by atoms with E-state index in [-0.39, 0.29) is 30.3 Å². The Balaban J connectivity index is 2.13. The summed E-state index contributed by atoms with van der Waals surface area (Å²) in [6, 6.07) is 3.56. The molecule has 20 heavy (non-hydrogen) atoms. The van der Waals surface area contributed by atoms with Crippen LogP contribution in [0.3, 0.4) is 0 Å². The van der Waals surface area contributed by atoms with Crippen LogP contribution in [0.4, 0.5) is 0 Å². The van der Waals surface area contributed by atoms with Gasteiger partial charge in [0, 0.05) is 19.5 Å². The van der Waals surface area contributed by atoms with Gasteiger partial charge in [0.2, 0.25) is 5.91 Å². The predicted molar refractivity (Wildman–Crippen MR) is 79.7 cm³/mol. The van der Waals surface area contributed by atoms with Crippen LogP contribution in [0, 0.1) is 5.92 Å². The highest BCUT2D eigenvalue weighted by atomic mass is 32.1. The maximum atomic E-state index is 11.6. The third kappa shape index (κ3) is 6.68. The summed E-state index contributed by atoms with van der Waals surface area (Å²) in [5.74, 6) is 0.00357. The Kier molecular flexibility index (Phi) is 7.25. The first-order chi connectivity index (χ1) is 9.49. The molecule has 1 aromatic rings. The second kappa shape index (κ2) is 8.71. The Labute approximate surface area is 123 Å². The quantitative estimate of drug-likeness (QED) is 0.678. The van der Waals surface area contributed by atoms with Crippen molar-refractivity contribution in [2.45, 2.75) is 32.8 Å². The number of hydrogen-bond donors (Lipinski definition) is 3. The number of rotatable bonds is 8. The van der Waals surface area contributed by atoms with Crippen LogP contribution in [-0.4, -0.2) is 36.1 Å². The molecular formula is C14H22N2O3S. The molecule has 2 amide bonds. The molecule has 0 bridgehead atoms. The molecule has 0 aliphatic rings. The van der Waals surface area contributed by atoms with E-state index in [9.17, 15) is 14.7 Å². The number of aliphatic hydroxyl groups is 1. The van der Waals surface area contributed by atoms with Gasteiger partial charge in [-0.3, -0.25) is 9.59 Å². The molecule has 1 rings (SSSR count). The standard InChI is InChI=1S/C14H22N2O3S/c1-10(8-11(2)17)9-16-13(18)5-6-15-14(19)12-4-3-7-20-12/h3-4,7,10-11,17H,5-6,8-9H2,1-2H3,(H,15,19)(H,16,18). The summed E-state index contributed by atoms with van der Waals surface area (Å²) >= 11 is 1.37. The monoisotopic (exact) mass is 298 g/mol. The van der Waals surface area contributed by atoms with Gasteiger partial charge >= 0.3 is 0 Å². The number of aliphatic hydroxyl groups excluding tert-OH is 1. The Morgan fingerprint density at radius 3 is 2.70 bits per heavy atom. The Morgan fingerprint density at radius 2 is 2.10 bits per heavy atom. The van der Waals surface area contributed by atoms with E-state index < -0.39 is 0 Å². The maximum Gasteiger partial charge on any atom is 0.261 e. The predicted octanol–water partition coefficient (Wildman–Crippen LogP) is 1.39. The van der Waals surface area contributed by atoms with Crippen molar-refractivity contribution in [2.24, 2.45) is 5.92 Å². The van der Waals surface area contributed by atoms with Gasteiger partial charge < -0.3 is 15.7 Å². The van der Waals surface area contributed by atoms with Gasteiger partial charge in [-0.25, -0.2) is 0 Å². The molecule has 112 valence electrons. The lowest BCUT2D eigenvalue weighted by Crippen LogP contribution is -2.33. The van der Waals surface area contributed by atoms with Gasteiger partial charge in [-0.1, -0.05) is 13.0 Å². The number of carbonyl (C=O) groups excluding carboxylic acids is 2. The van der Waals surface area contributed by atoms with Crippen LogP contribution in [0.2, 0.25) is 0 Å². The van der Waals surface area contributed by atoms with Crippen molar-refractivity contribution in [2.75, 3.05) is 13.1 Å². The summed E-state index contributed by atoms with van der Waals surface area (Å²) < 4.78 is 0. The largest absolute Gasteiger partial charge is 0.393 e. The van der Waals surface area contributed by atoms with Crippen LogP contribution in [0.1, 0.15) is 36.4 Å². The summed E-state index contributed by atoms with van der Waals surface area (Å²) in [6.07, 6.45) is 0.570. The third-order valence-electron chi connectivity index (χ3n) is 2.77. The molecule has 0 aromatic carbocycles. The van der Waals surface area contributed by atoms with E-state index in [1.807, 2.05) is 18.4 Å². The second-order valence-electron chi connectivity index (χ2n) is 4.98. The minimum atomic E-state index is -0.355. The number of carbonyl (C=O) groups is 2. The van der Waals surface area contributed by atoms with E-state index in [4.69, 9.17) is 0 Å². The molecule has 0 fully saturated rings. The summed E-state index contributed by atoms with van der Waals surface area (Å²) in [5, 5.41) is 16.6. The van der Waals surface area contributed by atoms with Crippen LogP contribution >= 0.6 is 11.3 Å². The molecule has 0 saturated carbocycles. The lowest BCUT2D eigenvalue weighted by molar-refractivity contribution is -0.121. The number of nitrogens with one attached hydrogen (secondary N) is 2. The van der Waals surface area contributed by atoms with Crippen molar-refractivity contribution in [1.82, 2.24) is 10.6 Å².